The molecule has 1 amide bonds. The van der Waals surface area contributed by atoms with Gasteiger partial charge in [-0.15, -0.1) is 0 Å². The fourth-order valence-electron chi connectivity index (χ4n) is 1.91. The Kier molecular flexibility index (Phi) is 3.13. The number of amides is 1. The van der Waals surface area contributed by atoms with Crippen LogP contribution in [-0.2, 0) is 9.53 Å². The molecule has 1 aromatic rings. The van der Waals surface area contributed by atoms with Crippen molar-refractivity contribution in [2.45, 2.75) is 19.9 Å². The summed E-state index contributed by atoms with van der Waals surface area (Å²) in [5.74, 6) is -1.20. The number of nitrogens with one attached hydrogen (secondary N) is 1. The van der Waals surface area contributed by atoms with Crippen LogP contribution in [0.3, 0.4) is 0 Å². The summed E-state index contributed by atoms with van der Waals surface area (Å²) in [5.41, 5.74) is -0.390. The third-order valence-electron chi connectivity index (χ3n) is 3.32. The fraction of sp³-hybridized carbons (Fsp3) is 0.500. The molecule has 2 atom stereocenters. The Morgan fingerprint density at radius 3 is 2.83 bits per heavy atom. The second-order valence-corrected chi connectivity index (χ2v) is 4.70. The first-order valence-electron chi connectivity index (χ1n) is 5.61. The Balaban J connectivity index is 2.13. The molecule has 1 aromatic heterocycles. The van der Waals surface area contributed by atoms with E-state index in [4.69, 9.17) is 9.15 Å². The third kappa shape index (κ3) is 1.99. The number of carboxylic acids is 1. The van der Waals surface area contributed by atoms with Crippen LogP contribution < -0.4 is 5.32 Å². The summed E-state index contributed by atoms with van der Waals surface area (Å²) >= 11 is 0. The highest BCUT2D eigenvalue weighted by molar-refractivity contribution is 5.93. The number of carboxylic acid groups (broad SMARTS) is 1. The molecule has 2 rings (SSSR count). The van der Waals surface area contributed by atoms with Crippen LogP contribution in [-0.4, -0.2) is 36.2 Å². The Labute approximate surface area is 104 Å². The van der Waals surface area contributed by atoms with Gasteiger partial charge in [0.25, 0.3) is 5.91 Å². The molecule has 0 spiro atoms. The molecule has 2 heterocycles. The van der Waals surface area contributed by atoms with E-state index in [0.717, 1.165) is 0 Å². The van der Waals surface area contributed by atoms with Crippen LogP contribution in [0.4, 0.5) is 0 Å². The summed E-state index contributed by atoms with van der Waals surface area (Å²) in [6.45, 7) is 3.58. The van der Waals surface area contributed by atoms with Gasteiger partial charge in [-0.25, -0.2) is 0 Å². The SMILES string of the molecule is Cc1ccoc1C(=O)NC1COCC1(C)C(=O)O. The number of ether oxygens (including phenoxy) is 1. The van der Waals surface area contributed by atoms with E-state index in [1.165, 1.54) is 6.26 Å². The normalized spacial score (nSPS) is 27.1. The van der Waals surface area contributed by atoms with Crippen molar-refractivity contribution in [3.8, 4) is 0 Å². The van der Waals surface area contributed by atoms with Crippen molar-refractivity contribution in [3.05, 3.63) is 23.7 Å². The Morgan fingerprint density at radius 2 is 2.28 bits per heavy atom. The molecule has 18 heavy (non-hydrogen) atoms. The zero-order valence-corrected chi connectivity index (χ0v) is 10.2. The molecule has 0 aliphatic carbocycles. The number of hydrogen-bond acceptors (Lipinski definition) is 4. The van der Waals surface area contributed by atoms with Crippen molar-refractivity contribution < 1.29 is 23.8 Å². The van der Waals surface area contributed by atoms with E-state index in [1.807, 2.05) is 0 Å². The standard InChI is InChI=1S/C12H15NO5/c1-7-3-4-18-9(7)10(14)13-8-5-17-6-12(8,2)11(15)16/h3-4,8H,5-6H2,1-2H3,(H,13,14)(H,15,16). The van der Waals surface area contributed by atoms with Crippen molar-refractivity contribution in [1.82, 2.24) is 5.32 Å². The van der Waals surface area contributed by atoms with Gasteiger partial charge in [0, 0.05) is 5.56 Å². The maximum absolute atomic E-state index is 11.9. The number of aliphatic carboxylic acids is 1. The van der Waals surface area contributed by atoms with Crippen LogP contribution in [0.5, 0.6) is 0 Å². The van der Waals surface area contributed by atoms with Gasteiger partial charge in [-0.05, 0) is 19.9 Å². The minimum Gasteiger partial charge on any atom is -0.481 e. The van der Waals surface area contributed by atoms with Gasteiger partial charge in [-0.2, -0.15) is 0 Å². The van der Waals surface area contributed by atoms with E-state index in [9.17, 15) is 14.7 Å². The number of rotatable bonds is 3. The Morgan fingerprint density at radius 1 is 1.56 bits per heavy atom. The number of furan rings is 1. The van der Waals surface area contributed by atoms with E-state index < -0.39 is 23.3 Å². The molecular weight excluding hydrogens is 238 g/mol. The van der Waals surface area contributed by atoms with E-state index in [-0.39, 0.29) is 19.0 Å². The maximum atomic E-state index is 11.9. The fourth-order valence-corrected chi connectivity index (χ4v) is 1.91. The zero-order valence-electron chi connectivity index (χ0n) is 10.2. The van der Waals surface area contributed by atoms with Gasteiger partial charge in [-0.1, -0.05) is 0 Å². The molecule has 2 N–H and O–H groups in total. The highest BCUT2D eigenvalue weighted by Crippen LogP contribution is 2.29. The topological polar surface area (TPSA) is 88.8 Å². The molecule has 1 saturated heterocycles. The average molecular weight is 253 g/mol. The summed E-state index contributed by atoms with van der Waals surface area (Å²) < 4.78 is 10.2. The van der Waals surface area contributed by atoms with Crippen LogP contribution in [0, 0.1) is 12.3 Å². The predicted octanol–water partition coefficient (Wildman–Crippen LogP) is 0.808. The third-order valence-corrected chi connectivity index (χ3v) is 3.32. The number of carbonyl (C=O) groups is 2. The average Bonchev–Trinajstić information content (AvgIpc) is 2.87. The molecule has 1 fully saturated rings. The highest BCUT2D eigenvalue weighted by Gasteiger charge is 2.47. The molecule has 0 radical (unpaired) electrons. The summed E-state index contributed by atoms with van der Waals surface area (Å²) in [6, 6.07) is 1.11. The largest absolute Gasteiger partial charge is 0.481 e. The second-order valence-electron chi connectivity index (χ2n) is 4.70. The molecule has 6 heteroatoms. The number of aryl methyl sites for hydroxylation is 1. The summed E-state index contributed by atoms with van der Waals surface area (Å²) in [4.78, 5) is 23.2. The molecule has 2 unspecified atom stereocenters. The number of hydrogen-bond donors (Lipinski definition) is 2. The lowest BCUT2D eigenvalue weighted by Crippen LogP contribution is -2.49. The minimum absolute atomic E-state index is 0.0877. The van der Waals surface area contributed by atoms with Gasteiger partial charge in [0.15, 0.2) is 5.76 Å². The summed E-state index contributed by atoms with van der Waals surface area (Å²) in [6.07, 6.45) is 1.42. The Bertz CT molecular complexity index is 481. The molecule has 1 aliphatic rings. The van der Waals surface area contributed by atoms with E-state index >= 15 is 0 Å². The molecule has 0 bridgehead atoms. The summed E-state index contributed by atoms with van der Waals surface area (Å²) in [5, 5.41) is 11.8. The van der Waals surface area contributed by atoms with Gasteiger partial charge < -0.3 is 19.6 Å². The molecule has 0 saturated carbocycles. The van der Waals surface area contributed by atoms with E-state index in [0.29, 0.717) is 5.56 Å². The first kappa shape index (κ1) is 12.6. The molecule has 0 aromatic carbocycles. The molecule has 98 valence electrons. The maximum Gasteiger partial charge on any atom is 0.313 e. The van der Waals surface area contributed by atoms with Gasteiger partial charge >= 0.3 is 5.97 Å². The van der Waals surface area contributed by atoms with Gasteiger partial charge in [-0.3, -0.25) is 9.59 Å². The van der Waals surface area contributed by atoms with Crippen LogP contribution >= 0.6 is 0 Å². The van der Waals surface area contributed by atoms with Crippen molar-refractivity contribution in [2.24, 2.45) is 5.41 Å². The lowest BCUT2D eigenvalue weighted by molar-refractivity contribution is -0.148. The first-order valence-corrected chi connectivity index (χ1v) is 5.61. The molecule has 1 aliphatic heterocycles. The highest BCUT2D eigenvalue weighted by atomic mass is 16.5. The lowest BCUT2D eigenvalue weighted by Gasteiger charge is -2.25. The van der Waals surface area contributed by atoms with Crippen LogP contribution in [0.25, 0.3) is 0 Å². The molecular formula is C12H15NO5. The van der Waals surface area contributed by atoms with Crippen LogP contribution in [0.2, 0.25) is 0 Å². The van der Waals surface area contributed by atoms with Crippen LogP contribution in [0.15, 0.2) is 16.7 Å². The van der Waals surface area contributed by atoms with Crippen molar-refractivity contribution in [3.63, 3.8) is 0 Å². The van der Waals surface area contributed by atoms with Crippen molar-refractivity contribution >= 4 is 11.9 Å². The molecule has 6 nitrogen and oxygen atoms in total. The first-order chi connectivity index (χ1) is 8.45. The van der Waals surface area contributed by atoms with E-state index in [1.54, 1.807) is 19.9 Å². The summed E-state index contributed by atoms with van der Waals surface area (Å²) in [7, 11) is 0. The predicted molar refractivity (Wildman–Crippen MR) is 61.3 cm³/mol. The van der Waals surface area contributed by atoms with Crippen molar-refractivity contribution in [1.29, 1.82) is 0 Å². The van der Waals surface area contributed by atoms with E-state index in [2.05, 4.69) is 5.32 Å². The monoisotopic (exact) mass is 253 g/mol. The quantitative estimate of drug-likeness (QED) is 0.832. The van der Waals surface area contributed by atoms with Gasteiger partial charge in [0.2, 0.25) is 0 Å². The Hall–Kier alpha value is -1.82. The van der Waals surface area contributed by atoms with Gasteiger partial charge in [0.1, 0.15) is 5.41 Å². The minimum atomic E-state index is -1.10. The van der Waals surface area contributed by atoms with Crippen LogP contribution in [0.1, 0.15) is 23.0 Å². The zero-order chi connectivity index (χ0) is 13.3. The number of carbonyl (C=O) groups excluding carboxylic acids is 1. The second kappa shape index (κ2) is 4.45. The smallest absolute Gasteiger partial charge is 0.313 e. The van der Waals surface area contributed by atoms with Crippen molar-refractivity contribution in [2.75, 3.05) is 13.2 Å². The lowest BCUT2D eigenvalue weighted by atomic mass is 9.85. The van der Waals surface area contributed by atoms with Gasteiger partial charge in [0.05, 0.1) is 25.5 Å².